The second kappa shape index (κ2) is 6.21. The van der Waals surface area contributed by atoms with Crippen molar-refractivity contribution in [2.45, 2.75) is 11.6 Å². The number of aromatic nitrogens is 3. The summed E-state index contributed by atoms with van der Waals surface area (Å²) >= 11 is 5.96. The van der Waals surface area contributed by atoms with E-state index in [1.54, 1.807) is 24.3 Å². The minimum atomic E-state index is -3.42. The van der Waals surface area contributed by atoms with Crippen molar-refractivity contribution >= 4 is 38.3 Å². The van der Waals surface area contributed by atoms with Gasteiger partial charge in [-0.25, -0.2) is 18.4 Å². The van der Waals surface area contributed by atoms with Crippen LogP contribution in [0.4, 0.5) is 5.95 Å². The standard InChI is InChI=1S/C15H13ClN4O3S/c1-24(22,23)13-4-5-17-15(20-13)18-8-10-6-9-7-11(16)2-3-12(9)19-14(10)21/h2-7H,8H2,1H3,(H,19,21)(H,17,18,20). The maximum absolute atomic E-state index is 12.1. The maximum Gasteiger partial charge on any atom is 0.253 e. The molecule has 2 N–H and O–H groups in total. The number of hydrogen-bond donors (Lipinski definition) is 2. The Balaban J connectivity index is 1.88. The van der Waals surface area contributed by atoms with E-state index in [-0.39, 0.29) is 23.1 Å². The molecule has 3 aromatic rings. The van der Waals surface area contributed by atoms with Crippen LogP contribution in [-0.2, 0) is 16.4 Å². The minimum absolute atomic E-state index is 0.0841. The molecule has 7 nitrogen and oxygen atoms in total. The molecule has 0 aliphatic carbocycles. The number of H-pyrrole nitrogens is 1. The van der Waals surface area contributed by atoms with Gasteiger partial charge in [-0.3, -0.25) is 4.79 Å². The minimum Gasteiger partial charge on any atom is -0.350 e. The maximum atomic E-state index is 12.1. The highest BCUT2D eigenvalue weighted by Crippen LogP contribution is 2.17. The topological polar surface area (TPSA) is 105 Å². The summed E-state index contributed by atoms with van der Waals surface area (Å²) in [6, 6.07) is 8.20. The van der Waals surface area contributed by atoms with Gasteiger partial charge in [0.15, 0.2) is 14.9 Å². The number of rotatable bonds is 4. The summed E-state index contributed by atoms with van der Waals surface area (Å²) in [5, 5.41) is 4.13. The number of pyridine rings is 1. The van der Waals surface area contributed by atoms with Crippen molar-refractivity contribution in [2.75, 3.05) is 11.6 Å². The summed E-state index contributed by atoms with van der Waals surface area (Å²) in [4.78, 5) is 22.7. The van der Waals surface area contributed by atoms with E-state index >= 15 is 0 Å². The first kappa shape index (κ1) is 16.4. The molecular formula is C15H13ClN4O3S. The monoisotopic (exact) mass is 364 g/mol. The lowest BCUT2D eigenvalue weighted by Crippen LogP contribution is -2.16. The molecule has 0 spiro atoms. The number of benzene rings is 1. The Morgan fingerprint density at radius 2 is 2.04 bits per heavy atom. The summed E-state index contributed by atoms with van der Waals surface area (Å²) in [6.07, 6.45) is 2.41. The van der Waals surface area contributed by atoms with Crippen LogP contribution < -0.4 is 10.9 Å². The number of aromatic amines is 1. The molecule has 124 valence electrons. The van der Waals surface area contributed by atoms with E-state index in [1.807, 2.05) is 0 Å². The molecule has 24 heavy (non-hydrogen) atoms. The molecule has 0 aliphatic rings. The van der Waals surface area contributed by atoms with Crippen molar-refractivity contribution in [2.24, 2.45) is 0 Å². The number of halogens is 1. The van der Waals surface area contributed by atoms with E-state index in [2.05, 4.69) is 20.3 Å². The number of anilines is 1. The Hall–Kier alpha value is -2.45. The highest BCUT2D eigenvalue weighted by Gasteiger charge is 2.10. The van der Waals surface area contributed by atoms with Crippen LogP contribution in [0.2, 0.25) is 5.02 Å². The number of nitrogens with zero attached hydrogens (tertiary/aromatic N) is 2. The molecule has 0 aliphatic heterocycles. The van der Waals surface area contributed by atoms with E-state index in [0.717, 1.165) is 11.6 Å². The zero-order valence-electron chi connectivity index (χ0n) is 12.6. The van der Waals surface area contributed by atoms with Gasteiger partial charge in [0.05, 0.1) is 0 Å². The summed E-state index contributed by atoms with van der Waals surface area (Å²) in [7, 11) is -3.42. The van der Waals surface area contributed by atoms with Gasteiger partial charge >= 0.3 is 0 Å². The predicted molar refractivity (Wildman–Crippen MR) is 92.0 cm³/mol. The molecule has 0 amide bonds. The third-order valence-corrected chi connectivity index (χ3v) is 4.55. The molecule has 2 heterocycles. The molecular weight excluding hydrogens is 352 g/mol. The van der Waals surface area contributed by atoms with Gasteiger partial charge in [-0.05, 0) is 30.3 Å². The molecule has 3 rings (SSSR count). The van der Waals surface area contributed by atoms with E-state index in [9.17, 15) is 13.2 Å². The first-order valence-electron chi connectivity index (χ1n) is 6.91. The number of fused-ring (bicyclic) bond motifs is 1. The van der Waals surface area contributed by atoms with Gasteiger partial charge in [-0.1, -0.05) is 11.6 Å². The van der Waals surface area contributed by atoms with Crippen LogP contribution in [-0.4, -0.2) is 29.6 Å². The van der Waals surface area contributed by atoms with Crippen LogP contribution >= 0.6 is 11.6 Å². The molecule has 9 heteroatoms. The number of nitrogens with one attached hydrogen (secondary N) is 2. The van der Waals surface area contributed by atoms with Crippen LogP contribution in [0, 0.1) is 0 Å². The fourth-order valence-electron chi connectivity index (χ4n) is 2.16. The molecule has 0 saturated heterocycles. The lowest BCUT2D eigenvalue weighted by atomic mass is 10.1. The first-order chi connectivity index (χ1) is 11.3. The van der Waals surface area contributed by atoms with E-state index in [1.165, 1.54) is 12.3 Å². The summed E-state index contributed by atoms with van der Waals surface area (Å²) in [5.41, 5.74) is 0.887. The SMILES string of the molecule is CS(=O)(=O)c1ccnc(NCc2cc3cc(Cl)ccc3[nH]c2=O)n1. The average molecular weight is 365 g/mol. The van der Waals surface area contributed by atoms with Crippen molar-refractivity contribution in [1.29, 1.82) is 0 Å². The third kappa shape index (κ3) is 3.55. The molecule has 0 bridgehead atoms. The van der Waals surface area contributed by atoms with Crippen molar-refractivity contribution in [3.8, 4) is 0 Å². The van der Waals surface area contributed by atoms with Crippen molar-refractivity contribution in [3.05, 3.63) is 57.5 Å². The van der Waals surface area contributed by atoms with E-state index in [0.29, 0.717) is 16.1 Å². The second-order valence-corrected chi connectivity index (χ2v) is 7.60. The second-order valence-electron chi connectivity index (χ2n) is 5.20. The van der Waals surface area contributed by atoms with Gasteiger partial charge in [-0.2, -0.15) is 0 Å². The molecule has 1 aromatic carbocycles. The van der Waals surface area contributed by atoms with Gasteiger partial charge < -0.3 is 10.3 Å². The molecule has 0 radical (unpaired) electrons. The molecule has 0 unspecified atom stereocenters. The quantitative estimate of drug-likeness (QED) is 0.686. The zero-order valence-corrected chi connectivity index (χ0v) is 14.1. The molecule has 2 aromatic heterocycles. The van der Waals surface area contributed by atoms with Crippen LogP contribution in [0.5, 0.6) is 0 Å². The lowest BCUT2D eigenvalue weighted by molar-refractivity contribution is 0.598. The van der Waals surface area contributed by atoms with Crippen LogP contribution in [0.25, 0.3) is 10.9 Å². The highest BCUT2D eigenvalue weighted by molar-refractivity contribution is 7.90. The largest absolute Gasteiger partial charge is 0.350 e. The summed E-state index contributed by atoms with van der Waals surface area (Å²) < 4.78 is 23.0. The fourth-order valence-corrected chi connectivity index (χ4v) is 2.90. The molecule has 0 atom stereocenters. The lowest BCUT2D eigenvalue weighted by Gasteiger charge is -2.07. The van der Waals surface area contributed by atoms with Gasteiger partial charge in [0, 0.05) is 40.5 Å². The van der Waals surface area contributed by atoms with Gasteiger partial charge in [0.2, 0.25) is 5.95 Å². The normalized spacial score (nSPS) is 11.6. The van der Waals surface area contributed by atoms with Crippen LogP contribution in [0.15, 0.2) is 46.3 Å². The van der Waals surface area contributed by atoms with Crippen molar-refractivity contribution in [1.82, 2.24) is 15.0 Å². The molecule has 0 saturated carbocycles. The van der Waals surface area contributed by atoms with Crippen molar-refractivity contribution < 1.29 is 8.42 Å². The first-order valence-corrected chi connectivity index (χ1v) is 9.18. The average Bonchev–Trinajstić information content (AvgIpc) is 2.53. The van der Waals surface area contributed by atoms with Gasteiger partial charge in [0.25, 0.3) is 5.56 Å². The zero-order chi connectivity index (χ0) is 17.3. The van der Waals surface area contributed by atoms with E-state index < -0.39 is 9.84 Å². The molecule has 0 fully saturated rings. The number of sulfone groups is 1. The Bertz CT molecular complexity index is 1080. The predicted octanol–water partition coefficient (Wildman–Crippen LogP) is 1.99. The Kier molecular flexibility index (Phi) is 4.25. The van der Waals surface area contributed by atoms with E-state index in [4.69, 9.17) is 11.6 Å². The highest BCUT2D eigenvalue weighted by atomic mass is 35.5. The summed E-state index contributed by atoms with van der Waals surface area (Å²) in [5.74, 6) is 0.128. The van der Waals surface area contributed by atoms with Crippen molar-refractivity contribution in [3.63, 3.8) is 0 Å². The smallest absolute Gasteiger partial charge is 0.253 e. The van der Waals surface area contributed by atoms with Gasteiger partial charge in [-0.15, -0.1) is 0 Å². The Morgan fingerprint density at radius 3 is 2.79 bits per heavy atom. The third-order valence-electron chi connectivity index (χ3n) is 3.33. The number of hydrogen-bond acceptors (Lipinski definition) is 6. The Labute approximate surface area is 142 Å². The summed E-state index contributed by atoms with van der Waals surface area (Å²) in [6.45, 7) is 0.144. The van der Waals surface area contributed by atoms with Crippen LogP contribution in [0.3, 0.4) is 0 Å². The van der Waals surface area contributed by atoms with Gasteiger partial charge in [0.1, 0.15) is 0 Å². The Morgan fingerprint density at radius 1 is 1.25 bits per heavy atom. The van der Waals surface area contributed by atoms with Crippen LogP contribution in [0.1, 0.15) is 5.56 Å². The fraction of sp³-hybridized carbons (Fsp3) is 0.133.